The second-order valence-corrected chi connectivity index (χ2v) is 6.56. The van der Waals surface area contributed by atoms with Crippen LogP contribution in [-0.2, 0) is 0 Å². The monoisotopic (exact) mass is 259 g/mol. The zero-order valence-electron chi connectivity index (χ0n) is 10.9. The van der Waals surface area contributed by atoms with Gasteiger partial charge >= 0.3 is 0 Å². The second-order valence-electron chi connectivity index (χ2n) is 5.41. The SMILES string of the molecule is CC(C)(CCCNCC1CCSC1)C(N)=NO. The summed E-state index contributed by atoms with van der Waals surface area (Å²) in [6.45, 7) is 6.17. The van der Waals surface area contributed by atoms with Gasteiger partial charge in [0, 0.05) is 5.41 Å². The molecule has 0 aromatic heterocycles. The van der Waals surface area contributed by atoms with Gasteiger partial charge in [-0.25, -0.2) is 0 Å². The summed E-state index contributed by atoms with van der Waals surface area (Å²) >= 11 is 2.06. The molecule has 0 aromatic rings. The van der Waals surface area contributed by atoms with Crippen LogP contribution in [-0.4, -0.2) is 35.6 Å². The number of nitrogens with one attached hydrogen (secondary N) is 1. The van der Waals surface area contributed by atoms with E-state index in [0.717, 1.165) is 31.8 Å². The lowest BCUT2D eigenvalue weighted by atomic mass is 9.86. The maximum atomic E-state index is 8.66. The van der Waals surface area contributed by atoms with Gasteiger partial charge in [-0.3, -0.25) is 0 Å². The van der Waals surface area contributed by atoms with Crippen molar-refractivity contribution in [2.24, 2.45) is 22.2 Å². The molecule has 1 rings (SSSR count). The van der Waals surface area contributed by atoms with E-state index in [4.69, 9.17) is 10.9 Å². The number of rotatable bonds is 7. The Labute approximate surface area is 108 Å². The highest BCUT2D eigenvalue weighted by Gasteiger charge is 2.22. The highest BCUT2D eigenvalue weighted by atomic mass is 32.2. The van der Waals surface area contributed by atoms with Gasteiger partial charge in [-0.05, 0) is 49.8 Å². The first-order valence-corrected chi connectivity index (χ1v) is 7.48. The molecule has 100 valence electrons. The summed E-state index contributed by atoms with van der Waals surface area (Å²) in [5.74, 6) is 3.81. The molecule has 0 amide bonds. The minimum atomic E-state index is -0.209. The summed E-state index contributed by atoms with van der Waals surface area (Å²) in [4.78, 5) is 0. The fourth-order valence-corrected chi connectivity index (χ4v) is 3.25. The smallest absolute Gasteiger partial charge is 0.144 e. The van der Waals surface area contributed by atoms with E-state index in [-0.39, 0.29) is 5.41 Å². The van der Waals surface area contributed by atoms with Crippen LogP contribution in [0, 0.1) is 11.3 Å². The van der Waals surface area contributed by atoms with Crippen LogP contribution < -0.4 is 11.1 Å². The predicted molar refractivity (Wildman–Crippen MR) is 74.7 cm³/mol. The quantitative estimate of drug-likeness (QED) is 0.215. The number of nitrogens with two attached hydrogens (primary N) is 1. The molecule has 5 heteroatoms. The molecule has 4 N–H and O–H groups in total. The Hall–Kier alpha value is -0.420. The third kappa shape index (κ3) is 5.17. The average molecular weight is 259 g/mol. The van der Waals surface area contributed by atoms with E-state index in [1.54, 1.807) is 0 Å². The van der Waals surface area contributed by atoms with Crippen LogP contribution in [0.15, 0.2) is 5.16 Å². The number of oxime groups is 1. The molecule has 1 heterocycles. The maximum absolute atomic E-state index is 8.66. The topological polar surface area (TPSA) is 70.6 Å². The molecule has 0 saturated carbocycles. The summed E-state index contributed by atoms with van der Waals surface area (Å²) in [6.07, 6.45) is 3.35. The zero-order valence-corrected chi connectivity index (χ0v) is 11.7. The fourth-order valence-electron chi connectivity index (χ4n) is 1.97. The van der Waals surface area contributed by atoms with Crippen molar-refractivity contribution in [2.75, 3.05) is 24.6 Å². The van der Waals surface area contributed by atoms with Crippen molar-refractivity contribution < 1.29 is 5.21 Å². The molecule has 0 bridgehead atoms. The van der Waals surface area contributed by atoms with Gasteiger partial charge in [-0.1, -0.05) is 19.0 Å². The van der Waals surface area contributed by atoms with Gasteiger partial charge in [0.05, 0.1) is 0 Å². The Balaban J connectivity index is 2.07. The minimum absolute atomic E-state index is 0.209. The molecule has 0 radical (unpaired) electrons. The molecule has 4 nitrogen and oxygen atoms in total. The maximum Gasteiger partial charge on any atom is 0.144 e. The van der Waals surface area contributed by atoms with Crippen LogP contribution in [0.2, 0.25) is 0 Å². The van der Waals surface area contributed by atoms with Crippen LogP contribution >= 0.6 is 11.8 Å². The second kappa shape index (κ2) is 7.11. The molecule has 17 heavy (non-hydrogen) atoms. The summed E-state index contributed by atoms with van der Waals surface area (Å²) in [7, 11) is 0. The Morgan fingerprint density at radius 2 is 2.35 bits per heavy atom. The number of thioether (sulfide) groups is 1. The lowest BCUT2D eigenvalue weighted by Gasteiger charge is -2.22. The molecule has 1 fully saturated rings. The molecule has 0 aliphatic carbocycles. The standard InChI is InChI=1S/C12H25N3OS/c1-12(2,11(13)15-16)5-3-6-14-8-10-4-7-17-9-10/h10,14,16H,3-9H2,1-2H3,(H2,13,15). The molecular weight excluding hydrogens is 234 g/mol. The van der Waals surface area contributed by atoms with E-state index in [2.05, 4.69) is 22.2 Å². The lowest BCUT2D eigenvalue weighted by Crippen LogP contribution is -2.33. The Morgan fingerprint density at radius 3 is 2.94 bits per heavy atom. The van der Waals surface area contributed by atoms with E-state index in [1.807, 2.05) is 13.8 Å². The molecule has 0 spiro atoms. The highest BCUT2D eigenvalue weighted by Crippen LogP contribution is 2.23. The zero-order chi connectivity index (χ0) is 12.7. The predicted octanol–water partition coefficient (Wildman–Crippen LogP) is 1.88. The Kier molecular flexibility index (Phi) is 6.12. The molecule has 1 aliphatic heterocycles. The van der Waals surface area contributed by atoms with Crippen LogP contribution in [0.3, 0.4) is 0 Å². The first kappa shape index (κ1) is 14.6. The minimum Gasteiger partial charge on any atom is -0.409 e. The Morgan fingerprint density at radius 1 is 1.59 bits per heavy atom. The number of hydrogen-bond acceptors (Lipinski definition) is 4. The molecule has 1 unspecified atom stereocenters. The lowest BCUT2D eigenvalue weighted by molar-refractivity contribution is 0.304. The van der Waals surface area contributed by atoms with Crippen molar-refractivity contribution in [3.8, 4) is 0 Å². The van der Waals surface area contributed by atoms with Crippen LogP contribution in [0.4, 0.5) is 0 Å². The van der Waals surface area contributed by atoms with Crippen molar-refractivity contribution in [1.29, 1.82) is 0 Å². The van der Waals surface area contributed by atoms with Gasteiger partial charge in [0.1, 0.15) is 5.84 Å². The van der Waals surface area contributed by atoms with Crippen LogP contribution in [0.5, 0.6) is 0 Å². The van der Waals surface area contributed by atoms with Gasteiger partial charge in [0.15, 0.2) is 0 Å². The average Bonchev–Trinajstić information content (AvgIpc) is 2.80. The van der Waals surface area contributed by atoms with Crippen LogP contribution in [0.1, 0.15) is 33.1 Å². The molecule has 1 atom stereocenters. The summed E-state index contributed by atoms with van der Waals surface area (Å²) in [5.41, 5.74) is 5.43. The fraction of sp³-hybridized carbons (Fsp3) is 0.917. The van der Waals surface area contributed by atoms with E-state index in [0.29, 0.717) is 5.84 Å². The van der Waals surface area contributed by atoms with Crippen LogP contribution in [0.25, 0.3) is 0 Å². The van der Waals surface area contributed by atoms with E-state index < -0.39 is 0 Å². The van der Waals surface area contributed by atoms with E-state index in [1.165, 1.54) is 17.9 Å². The van der Waals surface area contributed by atoms with Crippen molar-refractivity contribution in [3.05, 3.63) is 0 Å². The third-order valence-corrected chi connectivity index (χ3v) is 4.64. The normalized spacial score (nSPS) is 22.0. The summed E-state index contributed by atoms with van der Waals surface area (Å²) in [5, 5.41) is 15.3. The van der Waals surface area contributed by atoms with Gasteiger partial charge in [0.25, 0.3) is 0 Å². The van der Waals surface area contributed by atoms with E-state index >= 15 is 0 Å². The summed E-state index contributed by atoms with van der Waals surface area (Å²) < 4.78 is 0. The Bertz CT molecular complexity index is 250. The van der Waals surface area contributed by atoms with Gasteiger partial charge in [-0.15, -0.1) is 0 Å². The molecular formula is C12H25N3OS. The van der Waals surface area contributed by atoms with Gasteiger partial charge in [-0.2, -0.15) is 11.8 Å². The largest absolute Gasteiger partial charge is 0.409 e. The number of hydrogen-bond donors (Lipinski definition) is 3. The highest BCUT2D eigenvalue weighted by molar-refractivity contribution is 7.99. The first-order chi connectivity index (χ1) is 8.06. The van der Waals surface area contributed by atoms with Gasteiger partial charge in [0.2, 0.25) is 0 Å². The molecule has 0 aromatic carbocycles. The number of amidine groups is 1. The van der Waals surface area contributed by atoms with Crippen molar-refractivity contribution in [3.63, 3.8) is 0 Å². The van der Waals surface area contributed by atoms with E-state index in [9.17, 15) is 0 Å². The van der Waals surface area contributed by atoms with Crippen molar-refractivity contribution in [1.82, 2.24) is 5.32 Å². The van der Waals surface area contributed by atoms with Crippen molar-refractivity contribution >= 4 is 17.6 Å². The first-order valence-electron chi connectivity index (χ1n) is 6.33. The number of nitrogens with zero attached hydrogens (tertiary/aromatic N) is 1. The van der Waals surface area contributed by atoms with Crippen molar-refractivity contribution in [2.45, 2.75) is 33.1 Å². The molecule has 1 saturated heterocycles. The summed E-state index contributed by atoms with van der Waals surface area (Å²) in [6, 6.07) is 0. The van der Waals surface area contributed by atoms with Gasteiger partial charge < -0.3 is 16.3 Å². The third-order valence-electron chi connectivity index (χ3n) is 3.41. The molecule has 1 aliphatic rings.